The average molecular weight is 243 g/mol. The Kier molecular flexibility index (Phi) is 4.30. The van der Waals surface area contributed by atoms with E-state index in [1.54, 1.807) is 0 Å². The molecule has 0 bridgehead atoms. The molecule has 1 aliphatic rings. The molecular formula is C10H17N3O4. The number of carboxylic acid groups (broad SMARTS) is 1. The summed E-state index contributed by atoms with van der Waals surface area (Å²) in [4.78, 5) is 34.5. The van der Waals surface area contributed by atoms with Crippen LogP contribution in [0.5, 0.6) is 0 Å². The van der Waals surface area contributed by atoms with Crippen LogP contribution in [0.3, 0.4) is 0 Å². The molecule has 0 spiro atoms. The summed E-state index contributed by atoms with van der Waals surface area (Å²) in [5.74, 6) is -2.29. The van der Waals surface area contributed by atoms with Crippen molar-refractivity contribution in [1.29, 1.82) is 0 Å². The van der Waals surface area contributed by atoms with Gasteiger partial charge in [0.2, 0.25) is 5.91 Å². The zero-order valence-corrected chi connectivity index (χ0v) is 9.68. The maximum Gasteiger partial charge on any atom is 0.317 e. The number of likely N-dealkylation sites (tertiary alicyclic amines) is 1. The van der Waals surface area contributed by atoms with Crippen LogP contribution in [0.2, 0.25) is 0 Å². The van der Waals surface area contributed by atoms with Crippen molar-refractivity contribution in [2.24, 2.45) is 17.6 Å². The molecule has 1 saturated heterocycles. The van der Waals surface area contributed by atoms with Gasteiger partial charge in [0.1, 0.15) is 0 Å². The number of nitrogens with one attached hydrogen (secondary N) is 1. The van der Waals surface area contributed by atoms with Gasteiger partial charge in [-0.15, -0.1) is 0 Å². The highest BCUT2D eigenvalue weighted by molar-refractivity contribution is 5.80. The number of aliphatic carboxylic acids is 1. The zero-order valence-electron chi connectivity index (χ0n) is 9.68. The number of carbonyl (C=O) groups is 3. The van der Waals surface area contributed by atoms with E-state index in [4.69, 9.17) is 10.8 Å². The Hall–Kier alpha value is -1.79. The highest BCUT2D eigenvalue weighted by Gasteiger charge is 2.29. The van der Waals surface area contributed by atoms with Gasteiger partial charge < -0.3 is 21.1 Å². The maximum atomic E-state index is 11.6. The number of amides is 3. The number of nitrogens with two attached hydrogens (primary N) is 1. The molecule has 0 aliphatic carbocycles. The predicted octanol–water partition coefficient (Wildman–Crippen LogP) is -0.776. The number of urea groups is 1. The molecule has 1 rings (SSSR count). The molecule has 0 aromatic carbocycles. The molecule has 4 N–H and O–H groups in total. The smallest absolute Gasteiger partial charge is 0.317 e. The topological polar surface area (TPSA) is 113 Å². The highest BCUT2D eigenvalue weighted by atomic mass is 16.4. The quantitative estimate of drug-likeness (QED) is 0.601. The molecule has 1 aliphatic heterocycles. The Morgan fingerprint density at radius 3 is 2.65 bits per heavy atom. The first kappa shape index (κ1) is 13.3. The van der Waals surface area contributed by atoms with Crippen LogP contribution in [0.1, 0.15) is 13.3 Å². The first-order valence-electron chi connectivity index (χ1n) is 5.46. The minimum absolute atomic E-state index is 0.0753. The second kappa shape index (κ2) is 5.51. The molecule has 0 saturated carbocycles. The van der Waals surface area contributed by atoms with E-state index in [-0.39, 0.29) is 18.5 Å². The van der Waals surface area contributed by atoms with Gasteiger partial charge in [0.25, 0.3) is 0 Å². The van der Waals surface area contributed by atoms with Gasteiger partial charge in [-0.1, -0.05) is 6.92 Å². The van der Waals surface area contributed by atoms with Crippen LogP contribution >= 0.6 is 0 Å². The number of nitrogens with zero attached hydrogens (tertiary/aromatic N) is 1. The number of hydrogen-bond donors (Lipinski definition) is 3. The fourth-order valence-electron chi connectivity index (χ4n) is 1.62. The third-order valence-corrected chi connectivity index (χ3v) is 2.86. The summed E-state index contributed by atoms with van der Waals surface area (Å²) in [6, 6.07) is -0.346. The third-order valence-electron chi connectivity index (χ3n) is 2.86. The van der Waals surface area contributed by atoms with Crippen LogP contribution in [0.15, 0.2) is 0 Å². The summed E-state index contributed by atoms with van der Waals surface area (Å²) < 4.78 is 0. The van der Waals surface area contributed by atoms with E-state index in [1.807, 2.05) is 0 Å². The van der Waals surface area contributed by atoms with E-state index in [9.17, 15) is 14.4 Å². The molecule has 3 amide bonds. The minimum Gasteiger partial charge on any atom is -0.481 e. The summed E-state index contributed by atoms with van der Waals surface area (Å²) in [7, 11) is 0. The van der Waals surface area contributed by atoms with Gasteiger partial charge in [0.05, 0.1) is 11.8 Å². The molecule has 1 fully saturated rings. The lowest BCUT2D eigenvalue weighted by molar-refractivity contribution is -0.140. The van der Waals surface area contributed by atoms with Crippen LogP contribution < -0.4 is 11.1 Å². The van der Waals surface area contributed by atoms with Gasteiger partial charge in [0.15, 0.2) is 0 Å². The number of carboxylic acids is 1. The van der Waals surface area contributed by atoms with E-state index in [0.29, 0.717) is 19.5 Å². The van der Waals surface area contributed by atoms with Gasteiger partial charge in [-0.3, -0.25) is 9.59 Å². The van der Waals surface area contributed by atoms with E-state index >= 15 is 0 Å². The van der Waals surface area contributed by atoms with Gasteiger partial charge in [-0.05, 0) is 6.42 Å². The lowest BCUT2D eigenvalue weighted by Crippen LogP contribution is -2.42. The van der Waals surface area contributed by atoms with E-state index in [1.165, 1.54) is 11.8 Å². The molecule has 7 nitrogen and oxygen atoms in total. The number of rotatable bonds is 4. The fraction of sp³-hybridized carbons (Fsp3) is 0.700. The van der Waals surface area contributed by atoms with Crippen molar-refractivity contribution in [2.75, 3.05) is 19.6 Å². The standard InChI is InChI=1S/C10H17N3O4/c1-6(9(15)16)4-12-10(17)13-3-2-7(5-13)8(11)14/h6-7H,2-5H2,1H3,(H2,11,14)(H,12,17)(H,15,16). The van der Waals surface area contributed by atoms with Crippen molar-refractivity contribution in [3.05, 3.63) is 0 Å². The van der Waals surface area contributed by atoms with Gasteiger partial charge in [0, 0.05) is 19.6 Å². The Labute approximate surface area is 98.9 Å². The van der Waals surface area contributed by atoms with Crippen molar-refractivity contribution < 1.29 is 19.5 Å². The second-order valence-electron chi connectivity index (χ2n) is 4.26. The molecule has 2 atom stereocenters. The zero-order chi connectivity index (χ0) is 13.0. The molecule has 96 valence electrons. The Morgan fingerprint density at radius 1 is 1.53 bits per heavy atom. The van der Waals surface area contributed by atoms with Crippen LogP contribution in [0.4, 0.5) is 4.79 Å². The van der Waals surface area contributed by atoms with E-state index in [0.717, 1.165) is 0 Å². The molecule has 0 radical (unpaired) electrons. The Balaban J connectivity index is 2.35. The van der Waals surface area contributed by atoms with Crippen LogP contribution in [-0.2, 0) is 9.59 Å². The van der Waals surface area contributed by atoms with Crippen molar-refractivity contribution >= 4 is 17.9 Å². The first-order valence-corrected chi connectivity index (χ1v) is 5.46. The molecule has 0 aromatic rings. The van der Waals surface area contributed by atoms with Gasteiger partial charge in [-0.25, -0.2) is 4.79 Å². The summed E-state index contributed by atoms with van der Waals surface area (Å²) in [6.45, 7) is 2.37. The molecular weight excluding hydrogens is 226 g/mol. The lowest BCUT2D eigenvalue weighted by Gasteiger charge is -2.17. The van der Waals surface area contributed by atoms with Crippen LogP contribution in [0.25, 0.3) is 0 Å². The predicted molar refractivity (Wildman–Crippen MR) is 59.1 cm³/mol. The summed E-state index contributed by atoms with van der Waals surface area (Å²) >= 11 is 0. The summed E-state index contributed by atoms with van der Waals surface area (Å²) in [6.07, 6.45) is 0.567. The second-order valence-corrected chi connectivity index (χ2v) is 4.26. The molecule has 0 aromatic heterocycles. The molecule has 17 heavy (non-hydrogen) atoms. The normalized spacial score (nSPS) is 21.0. The van der Waals surface area contributed by atoms with Crippen molar-refractivity contribution in [3.63, 3.8) is 0 Å². The molecule has 1 heterocycles. The number of hydrogen-bond acceptors (Lipinski definition) is 3. The van der Waals surface area contributed by atoms with Crippen molar-refractivity contribution in [2.45, 2.75) is 13.3 Å². The molecule has 7 heteroatoms. The van der Waals surface area contributed by atoms with E-state index in [2.05, 4.69) is 5.32 Å². The summed E-state index contributed by atoms with van der Waals surface area (Å²) in [5, 5.41) is 11.2. The fourth-order valence-corrected chi connectivity index (χ4v) is 1.62. The Bertz CT molecular complexity index is 332. The lowest BCUT2D eigenvalue weighted by atomic mass is 10.1. The molecule has 2 unspecified atom stereocenters. The highest BCUT2D eigenvalue weighted by Crippen LogP contribution is 2.15. The number of carbonyl (C=O) groups excluding carboxylic acids is 2. The van der Waals surface area contributed by atoms with E-state index < -0.39 is 17.8 Å². The maximum absolute atomic E-state index is 11.6. The SMILES string of the molecule is CC(CNC(=O)N1CCC(C(N)=O)C1)C(=O)O. The average Bonchev–Trinajstić information content (AvgIpc) is 2.74. The third kappa shape index (κ3) is 3.61. The van der Waals surface area contributed by atoms with Gasteiger partial charge >= 0.3 is 12.0 Å². The van der Waals surface area contributed by atoms with Crippen molar-refractivity contribution in [1.82, 2.24) is 10.2 Å². The monoisotopic (exact) mass is 243 g/mol. The first-order chi connectivity index (χ1) is 7.91. The van der Waals surface area contributed by atoms with Crippen LogP contribution in [0, 0.1) is 11.8 Å². The largest absolute Gasteiger partial charge is 0.481 e. The van der Waals surface area contributed by atoms with Crippen molar-refractivity contribution in [3.8, 4) is 0 Å². The summed E-state index contributed by atoms with van der Waals surface area (Å²) in [5.41, 5.74) is 5.15. The van der Waals surface area contributed by atoms with Gasteiger partial charge in [-0.2, -0.15) is 0 Å². The minimum atomic E-state index is -0.957. The van der Waals surface area contributed by atoms with Crippen LogP contribution in [-0.4, -0.2) is 47.5 Å². The number of primary amides is 1. The Morgan fingerprint density at radius 2 is 2.18 bits per heavy atom.